The van der Waals surface area contributed by atoms with Gasteiger partial charge in [-0.2, -0.15) is 0 Å². The largest absolute Gasteiger partial charge is 0.466 e. The molecular weight excluding hydrogens is 286 g/mol. The van der Waals surface area contributed by atoms with E-state index in [0.29, 0.717) is 18.0 Å². The molecule has 1 N–H and O–H groups in total. The molecule has 1 amide bonds. The van der Waals surface area contributed by atoms with Crippen LogP contribution in [0.2, 0.25) is 0 Å². The van der Waals surface area contributed by atoms with E-state index in [9.17, 15) is 9.59 Å². The van der Waals surface area contributed by atoms with Crippen LogP contribution < -0.4 is 5.32 Å². The number of carbonyl (C=O) groups excluding carboxylic acids is 2. The topological polar surface area (TPSA) is 55.4 Å². The predicted molar refractivity (Wildman–Crippen MR) is 85.6 cm³/mol. The standard InChI is InChI=1S/C16H25NO3S/c1-2-3-4-5-6-7-12-20-15(18)10-11-17-16(19)14-9-8-13-21-14/h8-9,13H,2-7,10-12H2,1H3,(H,17,19). The third kappa shape index (κ3) is 8.50. The Bertz CT molecular complexity index is 404. The van der Waals surface area contributed by atoms with Gasteiger partial charge in [0, 0.05) is 6.54 Å². The van der Waals surface area contributed by atoms with Crippen molar-refractivity contribution in [2.24, 2.45) is 0 Å². The molecule has 0 aliphatic heterocycles. The molecule has 0 aromatic carbocycles. The van der Waals surface area contributed by atoms with Gasteiger partial charge in [0.25, 0.3) is 5.91 Å². The first-order chi connectivity index (χ1) is 10.2. The van der Waals surface area contributed by atoms with Crippen molar-refractivity contribution in [3.63, 3.8) is 0 Å². The summed E-state index contributed by atoms with van der Waals surface area (Å²) in [5.41, 5.74) is 0. The lowest BCUT2D eigenvalue weighted by molar-refractivity contribution is -0.143. The number of hydrogen-bond acceptors (Lipinski definition) is 4. The van der Waals surface area contributed by atoms with E-state index in [1.54, 1.807) is 6.07 Å². The summed E-state index contributed by atoms with van der Waals surface area (Å²) < 4.78 is 5.13. The number of ether oxygens (including phenoxy) is 1. The van der Waals surface area contributed by atoms with Gasteiger partial charge in [-0.3, -0.25) is 9.59 Å². The first-order valence-corrected chi connectivity index (χ1v) is 8.59. The maximum absolute atomic E-state index is 11.6. The third-order valence-electron chi connectivity index (χ3n) is 3.12. The lowest BCUT2D eigenvalue weighted by Gasteiger charge is -2.06. The summed E-state index contributed by atoms with van der Waals surface area (Å²) in [7, 11) is 0. The van der Waals surface area contributed by atoms with Gasteiger partial charge in [0.15, 0.2) is 0 Å². The Kier molecular flexibility index (Phi) is 9.53. The van der Waals surface area contributed by atoms with Crippen LogP contribution in [-0.4, -0.2) is 25.0 Å². The molecule has 0 aliphatic carbocycles. The molecule has 0 spiro atoms. The number of carbonyl (C=O) groups is 2. The molecule has 4 nitrogen and oxygen atoms in total. The number of rotatable bonds is 11. The van der Waals surface area contributed by atoms with Gasteiger partial charge in [0.2, 0.25) is 0 Å². The Labute approximate surface area is 130 Å². The Balaban J connectivity index is 1.95. The third-order valence-corrected chi connectivity index (χ3v) is 3.99. The van der Waals surface area contributed by atoms with E-state index < -0.39 is 0 Å². The molecule has 1 rings (SSSR count). The Morgan fingerprint density at radius 1 is 1.19 bits per heavy atom. The van der Waals surface area contributed by atoms with Gasteiger partial charge < -0.3 is 10.1 Å². The lowest BCUT2D eigenvalue weighted by Crippen LogP contribution is -2.25. The summed E-state index contributed by atoms with van der Waals surface area (Å²) in [4.78, 5) is 23.8. The highest BCUT2D eigenvalue weighted by Crippen LogP contribution is 2.07. The fourth-order valence-corrected chi connectivity index (χ4v) is 2.55. The van der Waals surface area contributed by atoms with Crippen LogP contribution in [0, 0.1) is 0 Å². The van der Waals surface area contributed by atoms with E-state index in [0.717, 1.165) is 12.8 Å². The van der Waals surface area contributed by atoms with Crippen molar-refractivity contribution in [1.29, 1.82) is 0 Å². The van der Waals surface area contributed by atoms with Crippen LogP contribution in [0.15, 0.2) is 17.5 Å². The van der Waals surface area contributed by atoms with Crippen LogP contribution in [0.4, 0.5) is 0 Å². The Morgan fingerprint density at radius 2 is 1.95 bits per heavy atom. The van der Waals surface area contributed by atoms with Crippen LogP contribution in [-0.2, 0) is 9.53 Å². The quantitative estimate of drug-likeness (QED) is 0.500. The monoisotopic (exact) mass is 311 g/mol. The van der Waals surface area contributed by atoms with Crippen molar-refractivity contribution in [2.45, 2.75) is 51.9 Å². The number of unbranched alkanes of at least 4 members (excludes halogenated alkanes) is 5. The first-order valence-electron chi connectivity index (χ1n) is 7.71. The predicted octanol–water partition coefficient (Wildman–Crippen LogP) is 3.77. The molecule has 0 atom stereocenters. The molecule has 1 heterocycles. The van der Waals surface area contributed by atoms with Crippen molar-refractivity contribution >= 4 is 23.2 Å². The lowest BCUT2D eigenvalue weighted by atomic mass is 10.1. The van der Waals surface area contributed by atoms with Crippen LogP contribution in [0.25, 0.3) is 0 Å². The van der Waals surface area contributed by atoms with Crippen LogP contribution in [0.1, 0.15) is 61.5 Å². The highest BCUT2D eigenvalue weighted by atomic mass is 32.1. The number of amides is 1. The summed E-state index contributed by atoms with van der Waals surface area (Å²) in [5, 5.41) is 4.56. The van der Waals surface area contributed by atoms with Gasteiger partial charge in [0.1, 0.15) is 0 Å². The SMILES string of the molecule is CCCCCCCCOC(=O)CCNC(=O)c1cccs1. The summed E-state index contributed by atoms with van der Waals surface area (Å²) in [6.45, 7) is 3.01. The minimum absolute atomic E-state index is 0.131. The molecule has 0 unspecified atom stereocenters. The Morgan fingerprint density at radius 3 is 2.67 bits per heavy atom. The zero-order valence-corrected chi connectivity index (χ0v) is 13.5. The van der Waals surface area contributed by atoms with E-state index in [1.807, 2.05) is 11.4 Å². The summed E-state index contributed by atoms with van der Waals surface area (Å²) in [6, 6.07) is 3.59. The van der Waals surface area contributed by atoms with Crippen LogP contribution in [0.3, 0.4) is 0 Å². The van der Waals surface area contributed by atoms with Crippen molar-refractivity contribution < 1.29 is 14.3 Å². The average Bonchev–Trinajstić information content (AvgIpc) is 3.00. The van der Waals surface area contributed by atoms with Crippen molar-refractivity contribution in [3.05, 3.63) is 22.4 Å². The number of esters is 1. The molecule has 0 saturated heterocycles. The van der Waals surface area contributed by atoms with Gasteiger partial charge in [-0.1, -0.05) is 45.1 Å². The number of nitrogens with one attached hydrogen (secondary N) is 1. The van der Waals surface area contributed by atoms with Gasteiger partial charge >= 0.3 is 5.97 Å². The normalized spacial score (nSPS) is 10.3. The van der Waals surface area contributed by atoms with E-state index in [2.05, 4.69) is 12.2 Å². The van der Waals surface area contributed by atoms with Crippen molar-refractivity contribution in [3.8, 4) is 0 Å². The van der Waals surface area contributed by atoms with Crippen LogP contribution in [0.5, 0.6) is 0 Å². The second-order valence-electron chi connectivity index (χ2n) is 4.97. The average molecular weight is 311 g/mol. The molecule has 0 fully saturated rings. The molecule has 5 heteroatoms. The molecule has 118 valence electrons. The molecule has 0 bridgehead atoms. The molecule has 21 heavy (non-hydrogen) atoms. The van der Waals surface area contributed by atoms with E-state index in [-0.39, 0.29) is 18.3 Å². The molecule has 0 aliphatic rings. The maximum atomic E-state index is 11.6. The smallest absolute Gasteiger partial charge is 0.307 e. The van der Waals surface area contributed by atoms with E-state index >= 15 is 0 Å². The fourth-order valence-electron chi connectivity index (χ4n) is 1.91. The molecule has 0 saturated carbocycles. The van der Waals surface area contributed by atoms with Gasteiger partial charge in [0.05, 0.1) is 17.9 Å². The number of hydrogen-bond donors (Lipinski definition) is 1. The summed E-state index contributed by atoms with van der Waals surface area (Å²) in [6.07, 6.45) is 7.27. The summed E-state index contributed by atoms with van der Waals surface area (Å²) >= 11 is 1.39. The molecule has 1 aromatic rings. The van der Waals surface area contributed by atoms with E-state index in [4.69, 9.17) is 4.74 Å². The number of thiophene rings is 1. The maximum Gasteiger partial charge on any atom is 0.307 e. The minimum Gasteiger partial charge on any atom is -0.466 e. The highest BCUT2D eigenvalue weighted by Gasteiger charge is 2.07. The van der Waals surface area contributed by atoms with Crippen LogP contribution >= 0.6 is 11.3 Å². The van der Waals surface area contributed by atoms with Crippen molar-refractivity contribution in [1.82, 2.24) is 5.32 Å². The summed E-state index contributed by atoms with van der Waals surface area (Å²) in [5.74, 6) is -0.372. The second kappa shape index (κ2) is 11.3. The molecule has 1 aromatic heterocycles. The Hall–Kier alpha value is -1.36. The minimum atomic E-state index is -0.241. The highest BCUT2D eigenvalue weighted by molar-refractivity contribution is 7.12. The zero-order chi connectivity index (χ0) is 15.3. The first kappa shape index (κ1) is 17.7. The second-order valence-corrected chi connectivity index (χ2v) is 5.92. The van der Waals surface area contributed by atoms with Gasteiger partial charge in [-0.25, -0.2) is 0 Å². The van der Waals surface area contributed by atoms with Gasteiger partial charge in [-0.05, 0) is 17.9 Å². The molecular formula is C16H25NO3S. The van der Waals surface area contributed by atoms with E-state index in [1.165, 1.54) is 37.0 Å². The zero-order valence-electron chi connectivity index (χ0n) is 12.7. The van der Waals surface area contributed by atoms with Gasteiger partial charge in [-0.15, -0.1) is 11.3 Å². The molecule has 0 radical (unpaired) electrons. The fraction of sp³-hybridized carbons (Fsp3) is 0.625. The van der Waals surface area contributed by atoms with Crippen molar-refractivity contribution in [2.75, 3.05) is 13.2 Å².